The average molecular weight is 461 g/mol. The monoisotopic (exact) mass is 460 g/mol. The van der Waals surface area contributed by atoms with Crippen LogP contribution in [0.5, 0.6) is 5.75 Å². The Morgan fingerprint density at radius 2 is 2.00 bits per heavy atom. The smallest absolute Gasteiger partial charge is 0.338 e. The maximum absolute atomic E-state index is 13.6. The minimum absolute atomic E-state index is 0.209. The first-order chi connectivity index (χ1) is 16.0. The van der Waals surface area contributed by atoms with Gasteiger partial charge in [0, 0.05) is 0 Å². The number of hydrogen-bond acceptors (Lipinski definition) is 6. The third-order valence-corrected chi connectivity index (χ3v) is 6.14. The first kappa shape index (κ1) is 22.5. The first-order valence-electron chi connectivity index (χ1n) is 10.6. The number of rotatable bonds is 7. The van der Waals surface area contributed by atoms with Crippen LogP contribution < -0.4 is 19.6 Å². The van der Waals surface area contributed by atoms with Gasteiger partial charge >= 0.3 is 5.97 Å². The van der Waals surface area contributed by atoms with Crippen molar-refractivity contribution in [2.24, 2.45) is 4.99 Å². The molecule has 4 rings (SSSR count). The molecule has 0 radical (unpaired) electrons. The molecule has 7 heteroatoms. The van der Waals surface area contributed by atoms with Gasteiger partial charge in [0.15, 0.2) is 4.80 Å². The molecule has 0 saturated heterocycles. The van der Waals surface area contributed by atoms with E-state index >= 15 is 0 Å². The second kappa shape index (κ2) is 9.83. The van der Waals surface area contributed by atoms with Gasteiger partial charge in [-0.1, -0.05) is 66.5 Å². The molecule has 0 amide bonds. The number of hydrogen-bond donors (Lipinski definition) is 0. The van der Waals surface area contributed by atoms with Crippen molar-refractivity contribution in [3.63, 3.8) is 0 Å². The maximum Gasteiger partial charge on any atom is 0.338 e. The van der Waals surface area contributed by atoms with Crippen molar-refractivity contribution in [1.29, 1.82) is 0 Å². The zero-order valence-electron chi connectivity index (χ0n) is 18.5. The first-order valence-corrected chi connectivity index (χ1v) is 11.4. The third-order valence-electron chi connectivity index (χ3n) is 5.16. The summed E-state index contributed by atoms with van der Waals surface area (Å²) >= 11 is 1.29. The van der Waals surface area contributed by atoms with Gasteiger partial charge in [0.05, 0.1) is 28.5 Å². The SMILES string of the molecule is C=CCOc1cccc(/C=c2\sc3n(c2=O)[C@H](c2ccccc2)C(C(=O)OCC)=C(C)N=3)c1. The van der Waals surface area contributed by atoms with Crippen LogP contribution in [0.25, 0.3) is 6.08 Å². The summed E-state index contributed by atoms with van der Waals surface area (Å²) in [6.45, 7) is 7.84. The number of carbonyl (C=O) groups is 1. The number of ether oxygens (including phenoxy) is 2. The predicted octanol–water partition coefficient (Wildman–Crippen LogP) is 3.36. The normalized spacial score (nSPS) is 15.6. The molecular weight excluding hydrogens is 436 g/mol. The minimum Gasteiger partial charge on any atom is -0.490 e. The molecule has 6 nitrogen and oxygen atoms in total. The van der Waals surface area contributed by atoms with Crippen LogP contribution in [-0.4, -0.2) is 23.8 Å². The number of aromatic nitrogens is 1. The number of esters is 1. The lowest BCUT2D eigenvalue weighted by molar-refractivity contribution is -0.139. The summed E-state index contributed by atoms with van der Waals surface area (Å²) in [7, 11) is 0. The van der Waals surface area contributed by atoms with Crippen LogP contribution in [0.1, 0.15) is 31.0 Å². The molecule has 0 unspecified atom stereocenters. The zero-order chi connectivity index (χ0) is 23.4. The number of fused-ring (bicyclic) bond motifs is 1. The molecule has 168 valence electrons. The lowest BCUT2D eigenvalue weighted by Gasteiger charge is -2.24. The lowest BCUT2D eigenvalue weighted by Crippen LogP contribution is -2.39. The summed E-state index contributed by atoms with van der Waals surface area (Å²) in [4.78, 5) is 31.5. The summed E-state index contributed by atoms with van der Waals surface area (Å²) in [5.74, 6) is 0.230. The molecule has 3 aromatic rings. The van der Waals surface area contributed by atoms with Crippen LogP contribution in [0, 0.1) is 0 Å². The van der Waals surface area contributed by atoms with E-state index in [1.165, 1.54) is 11.3 Å². The molecule has 1 aliphatic heterocycles. The van der Waals surface area contributed by atoms with E-state index in [1.54, 1.807) is 24.5 Å². The number of allylic oxidation sites excluding steroid dienone is 1. The van der Waals surface area contributed by atoms with E-state index in [2.05, 4.69) is 11.6 Å². The molecule has 2 aromatic carbocycles. The average Bonchev–Trinajstić information content (AvgIpc) is 3.12. The molecule has 0 spiro atoms. The molecule has 0 N–H and O–H groups in total. The fraction of sp³-hybridized carbons (Fsp3) is 0.192. The Morgan fingerprint density at radius 3 is 2.73 bits per heavy atom. The van der Waals surface area contributed by atoms with Gasteiger partial charge in [0.2, 0.25) is 0 Å². The summed E-state index contributed by atoms with van der Waals surface area (Å²) in [6, 6.07) is 16.4. The van der Waals surface area contributed by atoms with E-state index in [-0.39, 0.29) is 12.2 Å². The Balaban J connectivity index is 1.87. The molecule has 0 fully saturated rings. The van der Waals surface area contributed by atoms with E-state index in [0.29, 0.717) is 33.0 Å². The van der Waals surface area contributed by atoms with Crippen LogP contribution in [0.15, 0.2) is 88.3 Å². The third kappa shape index (κ3) is 4.59. The summed E-state index contributed by atoms with van der Waals surface area (Å²) < 4.78 is 13.0. The Morgan fingerprint density at radius 1 is 1.21 bits per heavy atom. The molecule has 0 bridgehead atoms. The van der Waals surface area contributed by atoms with E-state index < -0.39 is 12.0 Å². The zero-order valence-corrected chi connectivity index (χ0v) is 19.3. The number of carbonyl (C=O) groups excluding carboxylic acids is 1. The highest BCUT2D eigenvalue weighted by atomic mass is 32.1. The van der Waals surface area contributed by atoms with Gasteiger partial charge in [-0.05, 0) is 43.2 Å². The van der Waals surface area contributed by atoms with Crippen molar-refractivity contribution >= 4 is 23.4 Å². The Bertz CT molecular complexity index is 1400. The second-order valence-corrected chi connectivity index (χ2v) is 8.39. The molecule has 2 heterocycles. The van der Waals surface area contributed by atoms with Crippen LogP contribution in [0.3, 0.4) is 0 Å². The largest absolute Gasteiger partial charge is 0.490 e. The molecular formula is C26H24N2O4S. The van der Waals surface area contributed by atoms with Gasteiger partial charge in [-0.15, -0.1) is 0 Å². The molecule has 0 aliphatic carbocycles. The number of benzene rings is 2. The molecule has 1 aromatic heterocycles. The van der Waals surface area contributed by atoms with Gasteiger partial charge in [-0.3, -0.25) is 9.36 Å². The molecule has 0 saturated carbocycles. The highest BCUT2D eigenvalue weighted by molar-refractivity contribution is 7.07. The summed E-state index contributed by atoms with van der Waals surface area (Å²) in [6.07, 6.45) is 3.49. The Hall–Kier alpha value is -3.71. The van der Waals surface area contributed by atoms with Crippen molar-refractivity contribution in [3.05, 3.63) is 109 Å². The topological polar surface area (TPSA) is 69.9 Å². The Kier molecular flexibility index (Phi) is 6.70. The van der Waals surface area contributed by atoms with Gasteiger partial charge in [-0.25, -0.2) is 9.79 Å². The van der Waals surface area contributed by atoms with Gasteiger partial charge in [-0.2, -0.15) is 0 Å². The number of nitrogens with zero attached hydrogens (tertiary/aromatic N) is 2. The van der Waals surface area contributed by atoms with Crippen molar-refractivity contribution < 1.29 is 14.3 Å². The summed E-state index contributed by atoms with van der Waals surface area (Å²) in [5.41, 5.74) is 2.37. The van der Waals surface area contributed by atoms with Gasteiger partial charge in [0.25, 0.3) is 5.56 Å². The van der Waals surface area contributed by atoms with E-state index in [4.69, 9.17) is 9.47 Å². The standard InChI is InChI=1S/C26H24N2O4S/c1-4-14-32-20-13-9-10-18(15-20)16-21-24(29)28-23(19-11-7-6-8-12-19)22(25(30)31-5-2)17(3)27-26(28)33-21/h4,6-13,15-16,23H,1,5,14H2,2-3H3/b21-16-/t23-/m1/s1. The quantitative estimate of drug-likeness (QED) is 0.401. The maximum atomic E-state index is 13.6. The highest BCUT2D eigenvalue weighted by Crippen LogP contribution is 2.30. The fourth-order valence-corrected chi connectivity index (χ4v) is 4.79. The van der Waals surface area contributed by atoms with Crippen LogP contribution >= 0.6 is 11.3 Å². The van der Waals surface area contributed by atoms with Gasteiger partial charge in [0.1, 0.15) is 12.4 Å². The van der Waals surface area contributed by atoms with Gasteiger partial charge < -0.3 is 9.47 Å². The van der Waals surface area contributed by atoms with Crippen molar-refractivity contribution in [1.82, 2.24) is 4.57 Å². The molecule has 33 heavy (non-hydrogen) atoms. The Labute approximate surface area is 195 Å². The van der Waals surface area contributed by atoms with E-state index in [0.717, 1.165) is 11.1 Å². The van der Waals surface area contributed by atoms with Crippen molar-refractivity contribution in [2.75, 3.05) is 13.2 Å². The highest BCUT2D eigenvalue weighted by Gasteiger charge is 2.33. The van der Waals surface area contributed by atoms with Crippen LogP contribution in [0.2, 0.25) is 0 Å². The van der Waals surface area contributed by atoms with Crippen molar-refractivity contribution in [3.8, 4) is 5.75 Å². The van der Waals surface area contributed by atoms with Crippen molar-refractivity contribution in [2.45, 2.75) is 19.9 Å². The van der Waals surface area contributed by atoms with E-state index in [9.17, 15) is 9.59 Å². The second-order valence-electron chi connectivity index (χ2n) is 7.39. The van der Waals surface area contributed by atoms with E-state index in [1.807, 2.05) is 60.7 Å². The number of thiazole rings is 1. The van der Waals surface area contributed by atoms with Crippen LogP contribution in [-0.2, 0) is 9.53 Å². The van der Waals surface area contributed by atoms with Crippen LogP contribution in [0.4, 0.5) is 0 Å². The predicted molar refractivity (Wildman–Crippen MR) is 129 cm³/mol. The minimum atomic E-state index is -0.606. The lowest BCUT2D eigenvalue weighted by atomic mass is 9.96. The molecule has 1 atom stereocenters. The molecule has 1 aliphatic rings. The fourth-order valence-electron chi connectivity index (χ4n) is 3.74. The summed E-state index contributed by atoms with van der Waals surface area (Å²) in [5, 5.41) is 0.